The molecule has 0 aliphatic rings. The highest BCUT2D eigenvalue weighted by Gasteiger charge is 2.50. The Kier molecular flexibility index (Phi) is 6.78. The van der Waals surface area contributed by atoms with Gasteiger partial charge in [0.25, 0.3) is 9.84 Å². The molecule has 1 aromatic carbocycles. The van der Waals surface area contributed by atoms with E-state index in [-0.39, 0.29) is 0 Å². The zero-order chi connectivity index (χ0) is 15.1. The third kappa shape index (κ3) is 3.81. The highest BCUT2D eigenvalue weighted by Crippen LogP contribution is 2.35. The van der Waals surface area contributed by atoms with Crippen LogP contribution in [0.25, 0.3) is 0 Å². The molecular weight excluding hydrogens is 279 g/mol. The van der Waals surface area contributed by atoms with E-state index in [1.807, 2.05) is 13.8 Å². The van der Waals surface area contributed by atoms with Crippen LogP contribution >= 0.6 is 0 Å². The number of hydrogen-bond acceptors (Lipinski definition) is 3. The molecule has 0 aliphatic carbocycles. The molecule has 0 fully saturated rings. The highest BCUT2D eigenvalue weighted by atomic mass is 32.2. The van der Waals surface area contributed by atoms with E-state index in [4.69, 9.17) is 5.73 Å². The van der Waals surface area contributed by atoms with Crippen molar-refractivity contribution in [2.75, 3.05) is 6.54 Å². The minimum atomic E-state index is -5.09. The number of sulfone groups is 1. The van der Waals surface area contributed by atoms with E-state index in [1.54, 1.807) is 0 Å². The second-order valence-electron chi connectivity index (χ2n) is 3.12. The van der Waals surface area contributed by atoms with Gasteiger partial charge in [0.2, 0.25) is 0 Å². The molecule has 0 bridgehead atoms. The van der Waals surface area contributed by atoms with Crippen LogP contribution in [0.1, 0.15) is 13.8 Å². The predicted octanol–water partition coefficient (Wildman–Crippen LogP) is 2.89. The molecule has 0 saturated heterocycles. The number of rotatable bonds is 4. The standard InChI is InChI=1S/C10H10F3NO2S.C2H6/c11-9(6-7-14)10(12,13)17(15,16)8-4-2-1-3-5-8;1-2/h1-6H,7,14H2;1-2H3/b9-6-;. The van der Waals surface area contributed by atoms with Crippen molar-refractivity contribution < 1.29 is 21.6 Å². The Morgan fingerprint density at radius 1 is 1.26 bits per heavy atom. The summed E-state index contributed by atoms with van der Waals surface area (Å²) in [5.41, 5.74) is 4.86. The Labute approximate surface area is 110 Å². The van der Waals surface area contributed by atoms with Gasteiger partial charge in [-0.2, -0.15) is 8.78 Å². The smallest absolute Gasteiger partial charge is 0.327 e. The van der Waals surface area contributed by atoms with Crippen molar-refractivity contribution in [3.05, 3.63) is 42.2 Å². The first kappa shape index (κ1) is 17.7. The van der Waals surface area contributed by atoms with Gasteiger partial charge in [-0.3, -0.25) is 0 Å². The average molecular weight is 295 g/mol. The zero-order valence-electron chi connectivity index (χ0n) is 10.6. The monoisotopic (exact) mass is 295 g/mol. The minimum Gasteiger partial charge on any atom is -0.327 e. The van der Waals surface area contributed by atoms with E-state index in [0.29, 0.717) is 6.08 Å². The Morgan fingerprint density at radius 3 is 2.16 bits per heavy atom. The van der Waals surface area contributed by atoms with Crippen LogP contribution < -0.4 is 5.73 Å². The Balaban J connectivity index is 0.00000154. The van der Waals surface area contributed by atoms with Gasteiger partial charge >= 0.3 is 5.25 Å². The molecule has 19 heavy (non-hydrogen) atoms. The Bertz CT molecular complexity index is 513. The molecule has 0 aromatic heterocycles. The van der Waals surface area contributed by atoms with Crippen molar-refractivity contribution in [3.63, 3.8) is 0 Å². The van der Waals surface area contributed by atoms with Gasteiger partial charge < -0.3 is 5.73 Å². The minimum absolute atomic E-state index is 0.334. The van der Waals surface area contributed by atoms with Crippen LogP contribution in [-0.4, -0.2) is 20.2 Å². The number of nitrogens with two attached hydrogens (primary N) is 1. The number of alkyl halides is 2. The fourth-order valence-corrected chi connectivity index (χ4v) is 2.25. The summed E-state index contributed by atoms with van der Waals surface area (Å²) < 4.78 is 62.8. The summed E-state index contributed by atoms with van der Waals surface area (Å²) in [6.07, 6.45) is 0.334. The topological polar surface area (TPSA) is 60.2 Å². The van der Waals surface area contributed by atoms with Gasteiger partial charge in [-0.1, -0.05) is 32.0 Å². The molecule has 1 rings (SSSR count). The number of hydrogen-bond donors (Lipinski definition) is 1. The second-order valence-corrected chi connectivity index (χ2v) is 5.11. The maximum absolute atomic E-state index is 13.4. The summed E-state index contributed by atoms with van der Waals surface area (Å²) in [5, 5.41) is -4.60. The lowest BCUT2D eigenvalue weighted by molar-refractivity contribution is 0.105. The molecule has 2 N–H and O–H groups in total. The van der Waals surface area contributed by atoms with Crippen LogP contribution in [-0.2, 0) is 9.84 Å². The maximum atomic E-state index is 13.4. The van der Waals surface area contributed by atoms with Gasteiger partial charge in [0.1, 0.15) is 0 Å². The molecule has 0 saturated carbocycles. The van der Waals surface area contributed by atoms with Crippen LogP contribution in [0, 0.1) is 0 Å². The fourth-order valence-electron chi connectivity index (χ4n) is 1.10. The van der Waals surface area contributed by atoms with Crippen LogP contribution in [0.5, 0.6) is 0 Å². The normalized spacial score (nSPS) is 12.6. The maximum Gasteiger partial charge on any atom is 0.400 e. The van der Waals surface area contributed by atoms with Crippen molar-refractivity contribution in [2.45, 2.75) is 24.0 Å². The van der Waals surface area contributed by atoms with Crippen molar-refractivity contribution in [1.29, 1.82) is 0 Å². The lowest BCUT2D eigenvalue weighted by atomic mass is 10.4. The van der Waals surface area contributed by atoms with Crippen molar-refractivity contribution in [1.82, 2.24) is 0 Å². The van der Waals surface area contributed by atoms with Crippen molar-refractivity contribution >= 4 is 9.84 Å². The molecule has 0 amide bonds. The van der Waals surface area contributed by atoms with Gasteiger partial charge in [-0.25, -0.2) is 12.8 Å². The van der Waals surface area contributed by atoms with Crippen molar-refractivity contribution in [2.24, 2.45) is 5.73 Å². The largest absolute Gasteiger partial charge is 0.400 e. The molecule has 108 valence electrons. The molecule has 3 nitrogen and oxygen atoms in total. The van der Waals surface area contributed by atoms with E-state index < -0.39 is 32.4 Å². The first-order valence-electron chi connectivity index (χ1n) is 5.57. The molecule has 7 heteroatoms. The summed E-state index contributed by atoms with van der Waals surface area (Å²) in [4.78, 5) is -0.648. The van der Waals surface area contributed by atoms with Crippen LogP contribution in [0.2, 0.25) is 0 Å². The Hall–Kier alpha value is -1.34. The first-order valence-corrected chi connectivity index (χ1v) is 7.06. The molecule has 0 atom stereocenters. The van der Waals surface area contributed by atoms with E-state index >= 15 is 0 Å². The quantitative estimate of drug-likeness (QED) is 0.929. The molecular formula is C12H16F3NO2S. The molecule has 0 unspecified atom stereocenters. The van der Waals surface area contributed by atoms with Crippen molar-refractivity contribution in [3.8, 4) is 0 Å². The lowest BCUT2D eigenvalue weighted by Crippen LogP contribution is -2.30. The zero-order valence-corrected chi connectivity index (χ0v) is 11.4. The molecule has 1 aromatic rings. The Morgan fingerprint density at radius 2 is 1.74 bits per heavy atom. The molecule has 0 aliphatic heterocycles. The van der Waals surface area contributed by atoms with Gasteiger partial charge in [0, 0.05) is 6.54 Å². The number of benzene rings is 1. The van der Waals surface area contributed by atoms with Gasteiger partial charge in [-0.05, 0) is 18.2 Å². The van der Waals surface area contributed by atoms with E-state index in [1.165, 1.54) is 18.2 Å². The van der Waals surface area contributed by atoms with Gasteiger partial charge in [0.05, 0.1) is 4.90 Å². The van der Waals surface area contributed by atoms with E-state index in [2.05, 4.69) is 0 Å². The predicted molar refractivity (Wildman–Crippen MR) is 68.2 cm³/mol. The summed E-state index contributed by atoms with van der Waals surface area (Å²) in [6, 6.07) is 5.95. The summed E-state index contributed by atoms with van der Waals surface area (Å²) in [6.45, 7) is 3.49. The summed E-state index contributed by atoms with van der Waals surface area (Å²) >= 11 is 0. The fraction of sp³-hybridized carbons (Fsp3) is 0.333. The SMILES string of the molecule is CC.NC/C=C(\F)C(F)(F)S(=O)(=O)c1ccccc1. The van der Waals surface area contributed by atoms with E-state index in [0.717, 1.165) is 12.1 Å². The molecule has 0 radical (unpaired) electrons. The third-order valence-electron chi connectivity index (χ3n) is 1.97. The van der Waals surface area contributed by atoms with E-state index in [9.17, 15) is 21.6 Å². The van der Waals surface area contributed by atoms with Crippen LogP contribution in [0.4, 0.5) is 13.2 Å². The summed E-state index contributed by atoms with van der Waals surface area (Å²) in [5.74, 6) is -2.07. The van der Waals surface area contributed by atoms with Gasteiger partial charge in [0.15, 0.2) is 5.83 Å². The second kappa shape index (κ2) is 7.30. The van der Waals surface area contributed by atoms with Crippen LogP contribution in [0.3, 0.4) is 0 Å². The first-order chi connectivity index (χ1) is 8.84. The third-order valence-corrected chi connectivity index (χ3v) is 3.73. The van der Waals surface area contributed by atoms with Gasteiger partial charge in [-0.15, -0.1) is 0 Å². The molecule has 0 spiro atoms. The number of halogens is 3. The summed E-state index contributed by atoms with van der Waals surface area (Å²) in [7, 11) is -5.09. The molecule has 0 heterocycles. The average Bonchev–Trinajstić information content (AvgIpc) is 2.42. The lowest BCUT2D eigenvalue weighted by Gasteiger charge is -2.15. The van der Waals surface area contributed by atoms with Crippen LogP contribution in [0.15, 0.2) is 47.1 Å². The highest BCUT2D eigenvalue weighted by molar-refractivity contribution is 7.92.